The molecule has 0 aromatic heterocycles. The Bertz CT molecular complexity index is 1140. The number of cyclic esters (lactones) is 1. The molecule has 0 unspecified atom stereocenters. The van der Waals surface area contributed by atoms with E-state index in [9.17, 15) is 9.59 Å². The van der Waals surface area contributed by atoms with Gasteiger partial charge in [-0.2, -0.15) is 0 Å². The highest BCUT2D eigenvalue weighted by molar-refractivity contribution is 6.08. The first-order valence-corrected chi connectivity index (χ1v) is 10.1. The number of carbonyl (C=O) groups is 2. The molecule has 7 nitrogen and oxygen atoms in total. The maximum atomic E-state index is 13.3. The van der Waals surface area contributed by atoms with E-state index in [2.05, 4.69) is 15.6 Å². The lowest BCUT2D eigenvalue weighted by molar-refractivity contribution is -0.139. The standard InChI is InChI=1S/C25H23N3O4/c1-17-8-10-19(11-9-17)22-26-25(23(29)32-22,16-18-6-4-3-5-7-18)20-12-14-21(15-13-20)27-28-24(30)31-2/h3-15,27H,16H2,1-2H3,(H,28,30)/t25-/m1/s1. The second-order valence-corrected chi connectivity index (χ2v) is 7.51. The highest BCUT2D eigenvalue weighted by Crippen LogP contribution is 2.37. The van der Waals surface area contributed by atoms with Crippen molar-refractivity contribution in [2.45, 2.75) is 18.9 Å². The zero-order valence-electron chi connectivity index (χ0n) is 17.8. The summed E-state index contributed by atoms with van der Waals surface area (Å²) in [5, 5.41) is 0. The number of esters is 1. The molecule has 32 heavy (non-hydrogen) atoms. The number of amides is 1. The van der Waals surface area contributed by atoms with Gasteiger partial charge >= 0.3 is 12.1 Å². The number of hydrogen-bond donors (Lipinski definition) is 2. The highest BCUT2D eigenvalue weighted by Gasteiger charge is 2.48. The second-order valence-electron chi connectivity index (χ2n) is 7.51. The van der Waals surface area contributed by atoms with Gasteiger partial charge in [0.05, 0.1) is 12.8 Å². The number of hydrogen-bond acceptors (Lipinski definition) is 6. The summed E-state index contributed by atoms with van der Waals surface area (Å²) in [6.45, 7) is 2.00. The van der Waals surface area contributed by atoms with Gasteiger partial charge in [-0.1, -0.05) is 60.2 Å². The number of benzene rings is 3. The van der Waals surface area contributed by atoms with E-state index in [0.29, 0.717) is 23.6 Å². The fourth-order valence-corrected chi connectivity index (χ4v) is 3.52. The molecule has 0 aliphatic carbocycles. The van der Waals surface area contributed by atoms with Crippen LogP contribution in [0.5, 0.6) is 0 Å². The average Bonchev–Trinajstić information content (AvgIpc) is 3.15. The van der Waals surface area contributed by atoms with Crippen LogP contribution in [0.1, 0.15) is 22.3 Å². The van der Waals surface area contributed by atoms with Crippen LogP contribution in [0.3, 0.4) is 0 Å². The van der Waals surface area contributed by atoms with E-state index in [1.54, 1.807) is 24.3 Å². The SMILES string of the molecule is COC(=O)NNc1ccc([C@@]2(Cc3ccccc3)N=C(c3ccc(C)cc3)OC2=O)cc1. The largest absolute Gasteiger partial charge is 0.452 e. The average molecular weight is 429 g/mol. The first-order valence-electron chi connectivity index (χ1n) is 10.1. The maximum absolute atomic E-state index is 13.3. The van der Waals surface area contributed by atoms with Crippen LogP contribution < -0.4 is 10.9 Å². The van der Waals surface area contributed by atoms with Gasteiger partial charge in [0, 0.05) is 12.0 Å². The first-order chi connectivity index (χ1) is 15.5. The summed E-state index contributed by atoms with van der Waals surface area (Å²) in [6, 6.07) is 24.5. The summed E-state index contributed by atoms with van der Waals surface area (Å²) in [5.41, 5.74) is 8.08. The molecule has 4 rings (SSSR count). The van der Waals surface area contributed by atoms with Crippen LogP contribution in [0.4, 0.5) is 10.5 Å². The predicted molar refractivity (Wildman–Crippen MR) is 121 cm³/mol. The van der Waals surface area contributed by atoms with Crippen molar-refractivity contribution < 1.29 is 19.1 Å². The molecule has 1 atom stereocenters. The normalized spacial score (nSPS) is 17.3. The third-order valence-corrected chi connectivity index (χ3v) is 5.28. The zero-order chi connectivity index (χ0) is 22.6. The topological polar surface area (TPSA) is 89.0 Å². The van der Waals surface area contributed by atoms with E-state index in [1.165, 1.54) is 7.11 Å². The number of aryl methyl sites for hydroxylation is 1. The molecule has 0 bridgehead atoms. The van der Waals surface area contributed by atoms with Crippen molar-refractivity contribution in [2.75, 3.05) is 12.5 Å². The quantitative estimate of drug-likeness (QED) is 0.455. The molecule has 0 saturated heterocycles. The fraction of sp³-hybridized carbons (Fsp3) is 0.160. The molecule has 162 valence electrons. The van der Waals surface area contributed by atoms with Crippen LogP contribution in [0.25, 0.3) is 0 Å². The van der Waals surface area contributed by atoms with Gasteiger partial charge < -0.3 is 9.47 Å². The van der Waals surface area contributed by atoms with E-state index in [1.807, 2.05) is 61.5 Å². The number of nitrogens with one attached hydrogen (secondary N) is 2. The molecule has 1 aliphatic heterocycles. The van der Waals surface area contributed by atoms with Gasteiger partial charge in [-0.15, -0.1) is 0 Å². The summed E-state index contributed by atoms with van der Waals surface area (Å²) in [6.07, 6.45) is -0.254. The molecule has 0 fully saturated rings. The van der Waals surface area contributed by atoms with Crippen molar-refractivity contribution in [3.8, 4) is 0 Å². The Balaban J connectivity index is 1.71. The van der Waals surface area contributed by atoms with Crippen LogP contribution in [-0.4, -0.2) is 25.1 Å². The van der Waals surface area contributed by atoms with E-state index in [0.717, 1.165) is 16.7 Å². The molecule has 1 amide bonds. The molecule has 3 aromatic rings. The van der Waals surface area contributed by atoms with E-state index in [-0.39, 0.29) is 0 Å². The van der Waals surface area contributed by atoms with Crippen molar-refractivity contribution in [1.29, 1.82) is 0 Å². The van der Waals surface area contributed by atoms with Crippen LogP contribution in [0.15, 0.2) is 83.9 Å². The third kappa shape index (κ3) is 4.32. The first kappa shape index (κ1) is 21.1. The van der Waals surface area contributed by atoms with Gasteiger partial charge in [-0.3, -0.25) is 5.43 Å². The summed E-state index contributed by atoms with van der Waals surface area (Å²) < 4.78 is 10.2. The van der Waals surface area contributed by atoms with Gasteiger partial charge in [-0.25, -0.2) is 20.0 Å². The molecule has 0 radical (unpaired) electrons. The van der Waals surface area contributed by atoms with E-state index in [4.69, 9.17) is 9.73 Å². The number of hydrazine groups is 1. The minimum atomic E-state index is -1.21. The number of nitrogens with zero attached hydrogens (tertiary/aromatic N) is 1. The zero-order valence-corrected chi connectivity index (χ0v) is 17.8. The lowest BCUT2D eigenvalue weighted by atomic mass is 9.84. The summed E-state index contributed by atoms with van der Waals surface area (Å²) in [4.78, 5) is 29.4. The molecule has 1 heterocycles. The van der Waals surface area contributed by atoms with Crippen molar-refractivity contribution >= 4 is 23.6 Å². The lowest BCUT2D eigenvalue weighted by Crippen LogP contribution is -2.34. The smallest absolute Gasteiger partial charge is 0.425 e. The van der Waals surface area contributed by atoms with Gasteiger partial charge in [0.15, 0.2) is 5.54 Å². The fourth-order valence-electron chi connectivity index (χ4n) is 3.52. The highest BCUT2D eigenvalue weighted by atomic mass is 16.6. The van der Waals surface area contributed by atoms with Crippen LogP contribution in [0.2, 0.25) is 0 Å². The van der Waals surface area contributed by atoms with Crippen LogP contribution >= 0.6 is 0 Å². The molecule has 2 N–H and O–H groups in total. The Morgan fingerprint density at radius 1 is 1.00 bits per heavy atom. The summed E-state index contributed by atoms with van der Waals surface area (Å²) >= 11 is 0. The molecular formula is C25H23N3O4. The van der Waals surface area contributed by atoms with Crippen LogP contribution in [-0.2, 0) is 26.2 Å². The maximum Gasteiger partial charge on any atom is 0.425 e. The Morgan fingerprint density at radius 3 is 2.34 bits per heavy atom. The minimum Gasteiger partial charge on any atom is -0.452 e. The van der Waals surface area contributed by atoms with E-state index >= 15 is 0 Å². The second kappa shape index (κ2) is 8.93. The van der Waals surface area contributed by atoms with E-state index < -0.39 is 17.6 Å². The number of aliphatic imine (C=N–C) groups is 1. The third-order valence-electron chi connectivity index (χ3n) is 5.28. The predicted octanol–water partition coefficient (Wildman–Crippen LogP) is 4.12. The van der Waals surface area contributed by atoms with Gasteiger partial charge in [0.25, 0.3) is 0 Å². The van der Waals surface area contributed by atoms with Crippen molar-refractivity contribution in [1.82, 2.24) is 5.43 Å². The summed E-state index contributed by atoms with van der Waals surface area (Å²) in [7, 11) is 1.28. The molecule has 7 heteroatoms. The number of methoxy groups -OCH3 is 1. The molecule has 1 aliphatic rings. The number of anilines is 1. The van der Waals surface area contributed by atoms with Gasteiger partial charge in [-0.05, 0) is 42.3 Å². The lowest BCUT2D eigenvalue weighted by Gasteiger charge is -2.23. The Morgan fingerprint density at radius 2 is 1.69 bits per heavy atom. The Labute approximate surface area is 186 Å². The number of rotatable bonds is 6. The monoisotopic (exact) mass is 429 g/mol. The molecule has 0 saturated carbocycles. The number of carbonyl (C=O) groups excluding carboxylic acids is 2. The molecule has 3 aromatic carbocycles. The van der Waals surface area contributed by atoms with Gasteiger partial charge in [0.1, 0.15) is 0 Å². The van der Waals surface area contributed by atoms with Crippen molar-refractivity contribution in [2.24, 2.45) is 4.99 Å². The summed E-state index contributed by atoms with van der Waals surface area (Å²) in [5.74, 6) is -0.120. The Kier molecular flexibility index (Phi) is 5.89. The molecule has 0 spiro atoms. The molecular weight excluding hydrogens is 406 g/mol. The van der Waals surface area contributed by atoms with Gasteiger partial charge in [0.2, 0.25) is 5.90 Å². The minimum absolute atomic E-state index is 0.306. The van der Waals surface area contributed by atoms with Crippen molar-refractivity contribution in [3.05, 3.63) is 101 Å². The number of ether oxygens (including phenoxy) is 2. The Hall–Kier alpha value is -4.13. The van der Waals surface area contributed by atoms with Crippen LogP contribution in [0, 0.1) is 6.92 Å². The van der Waals surface area contributed by atoms with Crippen molar-refractivity contribution in [3.63, 3.8) is 0 Å².